The van der Waals surface area contributed by atoms with Crippen LogP contribution in [0.25, 0.3) is 0 Å². The van der Waals surface area contributed by atoms with Crippen molar-refractivity contribution in [2.24, 2.45) is 5.73 Å². The van der Waals surface area contributed by atoms with E-state index in [1.54, 1.807) is 14.2 Å². The first-order valence-electron chi connectivity index (χ1n) is 6.41. The fourth-order valence-corrected chi connectivity index (χ4v) is 2.35. The second-order valence-electron chi connectivity index (χ2n) is 4.80. The Balaban J connectivity index is 0.00000180. The van der Waals surface area contributed by atoms with E-state index in [-0.39, 0.29) is 12.4 Å². The van der Waals surface area contributed by atoms with Crippen molar-refractivity contribution in [1.82, 2.24) is 4.90 Å². The maximum Gasteiger partial charge on any atom is 0.161 e. The van der Waals surface area contributed by atoms with Crippen LogP contribution in [0.2, 0.25) is 0 Å². The van der Waals surface area contributed by atoms with Crippen molar-refractivity contribution in [3.05, 3.63) is 23.8 Å². The molecule has 0 radical (unpaired) electrons. The van der Waals surface area contributed by atoms with Crippen molar-refractivity contribution in [1.29, 1.82) is 0 Å². The minimum absolute atomic E-state index is 0. The molecule has 1 heterocycles. The van der Waals surface area contributed by atoms with E-state index in [0.29, 0.717) is 6.04 Å². The maximum atomic E-state index is 5.91. The zero-order chi connectivity index (χ0) is 13.0. The van der Waals surface area contributed by atoms with Crippen LogP contribution in [-0.2, 0) is 6.54 Å². The Kier molecular flexibility index (Phi) is 6.42. The van der Waals surface area contributed by atoms with E-state index in [1.807, 2.05) is 12.1 Å². The summed E-state index contributed by atoms with van der Waals surface area (Å²) in [4.78, 5) is 2.44. The predicted molar refractivity (Wildman–Crippen MR) is 79.3 cm³/mol. The number of nitrogens with zero attached hydrogens (tertiary/aromatic N) is 1. The molecule has 0 atom stereocenters. The third kappa shape index (κ3) is 4.27. The Bertz CT molecular complexity index is 393. The maximum absolute atomic E-state index is 5.91. The summed E-state index contributed by atoms with van der Waals surface area (Å²) in [6.07, 6.45) is 2.18. The van der Waals surface area contributed by atoms with E-state index in [1.165, 1.54) is 5.56 Å². The summed E-state index contributed by atoms with van der Waals surface area (Å²) in [5.74, 6) is 1.57. The number of piperidine rings is 1. The first-order chi connectivity index (χ1) is 8.72. The fraction of sp³-hybridized carbons (Fsp3) is 0.571. The molecule has 4 nitrogen and oxygen atoms in total. The standard InChI is InChI=1S/C14H22N2O2.ClH/c1-17-13-4-3-11(9-14(13)18-2)10-16-7-5-12(15)6-8-16;/h3-4,9,12H,5-8,10,15H2,1-2H3;1H. The SMILES string of the molecule is COc1ccc(CN2CCC(N)CC2)cc1OC.Cl. The van der Waals surface area contributed by atoms with E-state index in [4.69, 9.17) is 15.2 Å². The molecule has 1 aromatic carbocycles. The average Bonchev–Trinajstić information content (AvgIpc) is 2.41. The summed E-state index contributed by atoms with van der Waals surface area (Å²) in [6.45, 7) is 3.11. The van der Waals surface area contributed by atoms with Gasteiger partial charge in [-0.3, -0.25) is 4.90 Å². The third-order valence-corrected chi connectivity index (χ3v) is 3.49. The molecular weight excluding hydrogens is 264 g/mol. The molecule has 108 valence electrons. The predicted octanol–water partition coefficient (Wildman–Crippen LogP) is 2.05. The first-order valence-corrected chi connectivity index (χ1v) is 6.41. The second-order valence-corrected chi connectivity index (χ2v) is 4.80. The lowest BCUT2D eigenvalue weighted by Gasteiger charge is -2.30. The van der Waals surface area contributed by atoms with Crippen molar-refractivity contribution >= 4 is 12.4 Å². The number of halogens is 1. The quantitative estimate of drug-likeness (QED) is 0.920. The molecule has 1 aromatic rings. The molecule has 0 aliphatic carbocycles. The van der Waals surface area contributed by atoms with Gasteiger partial charge in [0.25, 0.3) is 0 Å². The Labute approximate surface area is 121 Å². The molecule has 5 heteroatoms. The molecule has 1 saturated heterocycles. The van der Waals surface area contributed by atoms with Gasteiger partial charge in [0.1, 0.15) is 0 Å². The molecule has 0 unspecified atom stereocenters. The molecule has 2 N–H and O–H groups in total. The van der Waals surface area contributed by atoms with Crippen molar-refractivity contribution in [3.63, 3.8) is 0 Å². The van der Waals surface area contributed by atoms with Crippen molar-refractivity contribution in [3.8, 4) is 11.5 Å². The molecule has 1 fully saturated rings. The van der Waals surface area contributed by atoms with Crippen molar-refractivity contribution in [2.75, 3.05) is 27.3 Å². The van der Waals surface area contributed by atoms with Crippen LogP contribution in [0, 0.1) is 0 Å². The van der Waals surface area contributed by atoms with Gasteiger partial charge in [-0.25, -0.2) is 0 Å². The fourth-order valence-electron chi connectivity index (χ4n) is 2.35. The summed E-state index contributed by atoms with van der Waals surface area (Å²) < 4.78 is 10.6. The van der Waals surface area contributed by atoms with Crippen molar-refractivity contribution < 1.29 is 9.47 Å². The normalized spacial score (nSPS) is 16.8. The number of ether oxygens (including phenoxy) is 2. The number of nitrogens with two attached hydrogens (primary N) is 1. The Hall–Kier alpha value is -0.970. The molecule has 0 aromatic heterocycles. The molecule has 0 saturated carbocycles. The molecule has 0 bridgehead atoms. The van der Waals surface area contributed by atoms with Gasteiger partial charge in [-0.2, -0.15) is 0 Å². The highest BCUT2D eigenvalue weighted by atomic mass is 35.5. The van der Waals surface area contributed by atoms with Gasteiger partial charge in [0.05, 0.1) is 14.2 Å². The lowest BCUT2D eigenvalue weighted by Crippen LogP contribution is -2.39. The first kappa shape index (κ1) is 16.1. The van der Waals surface area contributed by atoms with Crippen LogP contribution in [0.4, 0.5) is 0 Å². The van der Waals surface area contributed by atoms with E-state index in [9.17, 15) is 0 Å². The largest absolute Gasteiger partial charge is 0.493 e. The van der Waals surface area contributed by atoms with Crippen LogP contribution >= 0.6 is 12.4 Å². The van der Waals surface area contributed by atoms with Gasteiger partial charge in [0.15, 0.2) is 11.5 Å². The number of hydrogen-bond acceptors (Lipinski definition) is 4. The van der Waals surface area contributed by atoms with Gasteiger partial charge in [-0.05, 0) is 43.6 Å². The van der Waals surface area contributed by atoms with E-state index in [0.717, 1.165) is 44.0 Å². The van der Waals surface area contributed by atoms with Gasteiger partial charge in [0.2, 0.25) is 0 Å². The highest BCUT2D eigenvalue weighted by Gasteiger charge is 2.16. The van der Waals surface area contributed by atoms with Crippen LogP contribution < -0.4 is 15.2 Å². The Morgan fingerprint density at radius 2 is 1.79 bits per heavy atom. The molecular formula is C14H23ClN2O2. The zero-order valence-corrected chi connectivity index (χ0v) is 12.4. The molecule has 0 spiro atoms. The summed E-state index contributed by atoms with van der Waals surface area (Å²) >= 11 is 0. The topological polar surface area (TPSA) is 47.7 Å². The summed E-state index contributed by atoms with van der Waals surface area (Å²) in [7, 11) is 3.32. The molecule has 1 aliphatic rings. The van der Waals surface area contributed by atoms with E-state index in [2.05, 4.69) is 11.0 Å². The lowest BCUT2D eigenvalue weighted by atomic mass is 10.1. The summed E-state index contributed by atoms with van der Waals surface area (Å²) in [5, 5.41) is 0. The van der Waals surface area contributed by atoms with E-state index < -0.39 is 0 Å². The number of hydrogen-bond donors (Lipinski definition) is 1. The summed E-state index contributed by atoms with van der Waals surface area (Å²) in [5.41, 5.74) is 7.16. The molecule has 2 rings (SSSR count). The van der Waals surface area contributed by atoms with Gasteiger partial charge in [-0.1, -0.05) is 6.07 Å². The van der Waals surface area contributed by atoms with Crippen LogP contribution in [0.15, 0.2) is 18.2 Å². The smallest absolute Gasteiger partial charge is 0.161 e. The Morgan fingerprint density at radius 1 is 1.16 bits per heavy atom. The number of rotatable bonds is 4. The molecule has 0 amide bonds. The van der Waals surface area contributed by atoms with Gasteiger partial charge in [0, 0.05) is 12.6 Å². The zero-order valence-electron chi connectivity index (χ0n) is 11.6. The minimum Gasteiger partial charge on any atom is -0.493 e. The van der Waals surface area contributed by atoms with Crippen molar-refractivity contribution in [2.45, 2.75) is 25.4 Å². The van der Waals surface area contributed by atoms with Gasteiger partial charge < -0.3 is 15.2 Å². The number of likely N-dealkylation sites (tertiary alicyclic amines) is 1. The highest BCUT2D eigenvalue weighted by molar-refractivity contribution is 5.85. The van der Waals surface area contributed by atoms with Crippen LogP contribution in [0.1, 0.15) is 18.4 Å². The van der Waals surface area contributed by atoms with Crippen LogP contribution in [0.3, 0.4) is 0 Å². The summed E-state index contributed by atoms with van der Waals surface area (Å²) in [6, 6.07) is 6.49. The van der Waals surface area contributed by atoms with E-state index >= 15 is 0 Å². The molecule has 19 heavy (non-hydrogen) atoms. The average molecular weight is 287 g/mol. The van der Waals surface area contributed by atoms with Gasteiger partial charge in [-0.15, -0.1) is 12.4 Å². The van der Waals surface area contributed by atoms with Crippen LogP contribution in [0.5, 0.6) is 11.5 Å². The highest BCUT2D eigenvalue weighted by Crippen LogP contribution is 2.28. The minimum atomic E-state index is 0. The Morgan fingerprint density at radius 3 is 2.37 bits per heavy atom. The second kappa shape index (κ2) is 7.58. The number of benzene rings is 1. The van der Waals surface area contributed by atoms with Gasteiger partial charge >= 0.3 is 0 Å². The van der Waals surface area contributed by atoms with Crippen LogP contribution in [-0.4, -0.2) is 38.3 Å². The monoisotopic (exact) mass is 286 g/mol. The lowest BCUT2D eigenvalue weighted by molar-refractivity contribution is 0.205. The number of methoxy groups -OCH3 is 2. The third-order valence-electron chi connectivity index (χ3n) is 3.49. The molecule has 1 aliphatic heterocycles.